The molecule has 1 aromatic carbocycles. The summed E-state index contributed by atoms with van der Waals surface area (Å²) in [5.41, 5.74) is 0.854. The van der Waals surface area contributed by atoms with E-state index >= 15 is 0 Å². The van der Waals surface area contributed by atoms with Gasteiger partial charge in [0.25, 0.3) is 0 Å². The van der Waals surface area contributed by atoms with Crippen molar-refractivity contribution in [1.82, 2.24) is 4.72 Å². The van der Waals surface area contributed by atoms with Gasteiger partial charge in [0.2, 0.25) is 10.0 Å². The van der Waals surface area contributed by atoms with E-state index in [0.29, 0.717) is 6.42 Å². The van der Waals surface area contributed by atoms with Crippen LogP contribution >= 0.6 is 0 Å². The summed E-state index contributed by atoms with van der Waals surface area (Å²) in [4.78, 5) is 0.232. The molecular formula is C14H23NO3S. The Balaban J connectivity index is 2.66. The standard InChI is InChI=1S/C14H23NO3S/c1-11-6-5-7-13(8-11)19(17,18)15-10-12(16)9-14(2,3)4/h5-8,12,15-16H,9-10H2,1-4H3. The molecular weight excluding hydrogens is 262 g/mol. The van der Waals surface area contributed by atoms with Gasteiger partial charge in [0.1, 0.15) is 0 Å². The Hall–Kier alpha value is -0.910. The molecule has 1 unspecified atom stereocenters. The highest BCUT2D eigenvalue weighted by atomic mass is 32.2. The van der Waals surface area contributed by atoms with Crippen LogP contribution in [0.25, 0.3) is 0 Å². The molecule has 4 nitrogen and oxygen atoms in total. The quantitative estimate of drug-likeness (QED) is 0.870. The van der Waals surface area contributed by atoms with E-state index in [-0.39, 0.29) is 16.9 Å². The minimum absolute atomic E-state index is 0.0335. The van der Waals surface area contributed by atoms with E-state index in [2.05, 4.69) is 4.72 Å². The molecule has 2 N–H and O–H groups in total. The van der Waals surface area contributed by atoms with E-state index in [0.717, 1.165) is 5.56 Å². The zero-order valence-corrected chi connectivity index (χ0v) is 12.8. The summed E-state index contributed by atoms with van der Waals surface area (Å²) >= 11 is 0. The van der Waals surface area contributed by atoms with Gasteiger partial charge in [-0.15, -0.1) is 0 Å². The Bertz CT molecular complexity index is 518. The van der Waals surface area contributed by atoms with Crippen LogP contribution in [0.2, 0.25) is 0 Å². The second-order valence-electron chi connectivity index (χ2n) is 6.09. The van der Waals surface area contributed by atoms with Gasteiger partial charge in [0.15, 0.2) is 0 Å². The molecule has 0 heterocycles. The molecule has 0 bridgehead atoms. The number of aliphatic hydroxyl groups excluding tert-OH is 1. The second kappa shape index (κ2) is 6.03. The van der Waals surface area contributed by atoms with Crippen molar-refractivity contribution in [2.45, 2.75) is 45.1 Å². The molecule has 0 spiro atoms. The summed E-state index contributed by atoms with van der Waals surface area (Å²) in [6, 6.07) is 6.70. The number of hydrogen-bond donors (Lipinski definition) is 2. The van der Waals surface area contributed by atoms with Crippen LogP contribution in [0.5, 0.6) is 0 Å². The van der Waals surface area contributed by atoms with Crippen LogP contribution in [0.15, 0.2) is 29.2 Å². The van der Waals surface area contributed by atoms with Gasteiger partial charge in [-0.25, -0.2) is 13.1 Å². The maximum Gasteiger partial charge on any atom is 0.240 e. The summed E-state index contributed by atoms with van der Waals surface area (Å²) in [6.07, 6.45) is -0.136. The fourth-order valence-corrected chi connectivity index (χ4v) is 3.03. The molecule has 1 rings (SSSR count). The lowest BCUT2D eigenvalue weighted by molar-refractivity contribution is 0.125. The number of sulfonamides is 1. The molecule has 108 valence electrons. The minimum Gasteiger partial charge on any atom is -0.392 e. The fourth-order valence-electron chi connectivity index (χ4n) is 1.85. The van der Waals surface area contributed by atoms with Crippen LogP contribution in [0.1, 0.15) is 32.8 Å². The van der Waals surface area contributed by atoms with Crippen LogP contribution in [0.3, 0.4) is 0 Å². The third-order valence-corrected chi connectivity index (χ3v) is 4.08. The minimum atomic E-state index is -3.54. The first kappa shape index (κ1) is 16.1. The zero-order chi connectivity index (χ0) is 14.7. The van der Waals surface area contributed by atoms with E-state index in [1.54, 1.807) is 18.2 Å². The Morgan fingerprint density at radius 2 is 1.95 bits per heavy atom. The third-order valence-electron chi connectivity index (χ3n) is 2.66. The lowest BCUT2D eigenvalue weighted by Gasteiger charge is -2.22. The van der Waals surface area contributed by atoms with Crippen LogP contribution in [0, 0.1) is 12.3 Å². The van der Waals surface area contributed by atoms with E-state index in [9.17, 15) is 13.5 Å². The van der Waals surface area contributed by atoms with E-state index < -0.39 is 16.1 Å². The first-order valence-electron chi connectivity index (χ1n) is 6.34. The Labute approximate surface area is 115 Å². The van der Waals surface area contributed by atoms with Crippen molar-refractivity contribution in [2.75, 3.05) is 6.54 Å². The van der Waals surface area contributed by atoms with Crippen molar-refractivity contribution in [1.29, 1.82) is 0 Å². The highest BCUT2D eigenvalue weighted by Crippen LogP contribution is 2.20. The summed E-state index contributed by atoms with van der Waals surface area (Å²) in [6.45, 7) is 7.89. The second-order valence-corrected chi connectivity index (χ2v) is 7.85. The van der Waals surface area contributed by atoms with E-state index in [4.69, 9.17) is 0 Å². The van der Waals surface area contributed by atoms with Crippen molar-refractivity contribution in [2.24, 2.45) is 5.41 Å². The highest BCUT2D eigenvalue weighted by molar-refractivity contribution is 7.89. The molecule has 0 saturated heterocycles. The van der Waals surface area contributed by atoms with E-state index in [1.165, 1.54) is 0 Å². The van der Waals surface area contributed by atoms with Crippen molar-refractivity contribution in [3.05, 3.63) is 29.8 Å². The zero-order valence-electron chi connectivity index (χ0n) is 12.0. The molecule has 0 aromatic heterocycles. The maximum atomic E-state index is 12.0. The third kappa shape index (κ3) is 5.72. The first-order chi connectivity index (χ1) is 8.60. The lowest BCUT2D eigenvalue weighted by Crippen LogP contribution is -2.34. The van der Waals surface area contributed by atoms with Gasteiger partial charge in [-0.05, 0) is 36.5 Å². The summed E-state index contributed by atoms with van der Waals surface area (Å²) < 4.78 is 26.5. The van der Waals surface area contributed by atoms with Crippen molar-refractivity contribution < 1.29 is 13.5 Å². The molecule has 0 radical (unpaired) electrons. The number of hydrogen-bond acceptors (Lipinski definition) is 3. The topological polar surface area (TPSA) is 66.4 Å². The normalized spacial score (nSPS) is 14.4. The van der Waals surface area contributed by atoms with Crippen LogP contribution < -0.4 is 4.72 Å². The molecule has 0 amide bonds. The van der Waals surface area contributed by atoms with Gasteiger partial charge in [-0.3, -0.25) is 0 Å². The maximum absolute atomic E-state index is 12.0. The molecule has 0 aliphatic carbocycles. The number of aliphatic hydroxyl groups is 1. The van der Waals surface area contributed by atoms with Crippen LogP contribution in [0.4, 0.5) is 0 Å². The molecule has 0 aliphatic heterocycles. The molecule has 1 atom stereocenters. The van der Waals surface area contributed by atoms with E-state index in [1.807, 2.05) is 33.8 Å². The van der Waals surface area contributed by atoms with Crippen LogP contribution in [-0.4, -0.2) is 26.2 Å². The Morgan fingerprint density at radius 1 is 1.32 bits per heavy atom. The number of nitrogens with one attached hydrogen (secondary N) is 1. The SMILES string of the molecule is Cc1cccc(S(=O)(=O)NCC(O)CC(C)(C)C)c1. The predicted molar refractivity (Wildman–Crippen MR) is 76.4 cm³/mol. The molecule has 1 aromatic rings. The van der Waals surface area contributed by atoms with Crippen molar-refractivity contribution in [3.8, 4) is 0 Å². The van der Waals surface area contributed by atoms with Crippen molar-refractivity contribution in [3.63, 3.8) is 0 Å². The van der Waals surface area contributed by atoms with Gasteiger partial charge in [0, 0.05) is 6.54 Å². The van der Waals surface area contributed by atoms with Gasteiger partial charge in [-0.2, -0.15) is 0 Å². The average Bonchev–Trinajstić information content (AvgIpc) is 2.24. The Morgan fingerprint density at radius 3 is 2.47 bits per heavy atom. The predicted octanol–water partition coefficient (Wildman–Crippen LogP) is 2.07. The molecule has 19 heavy (non-hydrogen) atoms. The number of benzene rings is 1. The summed E-state index contributed by atoms with van der Waals surface area (Å²) in [5.74, 6) is 0. The lowest BCUT2D eigenvalue weighted by atomic mass is 9.89. The molecule has 5 heteroatoms. The molecule has 0 saturated carbocycles. The van der Waals surface area contributed by atoms with Gasteiger partial charge in [0.05, 0.1) is 11.0 Å². The largest absolute Gasteiger partial charge is 0.392 e. The monoisotopic (exact) mass is 285 g/mol. The molecule has 0 aliphatic rings. The average molecular weight is 285 g/mol. The summed E-state index contributed by atoms with van der Waals surface area (Å²) in [5, 5.41) is 9.82. The summed E-state index contributed by atoms with van der Waals surface area (Å²) in [7, 11) is -3.54. The highest BCUT2D eigenvalue weighted by Gasteiger charge is 2.20. The Kier molecular flexibility index (Phi) is 5.12. The molecule has 0 fully saturated rings. The fraction of sp³-hybridized carbons (Fsp3) is 0.571. The van der Waals surface area contributed by atoms with Gasteiger partial charge < -0.3 is 5.11 Å². The number of rotatable bonds is 5. The van der Waals surface area contributed by atoms with Gasteiger partial charge >= 0.3 is 0 Å². The van der Waals surface area contributed by atoms with Crippen LogP contribution in [-0.2, 0) is 10.0 Å². The smallest absolute Gasteiger partial charge is 0.240 e. The number of aryl methyl sites for hydroxylation is 1. The first-order valence-corrected chi connectivity index (χ1v) is 7.83. The van der Waals surface area contributed by atoms with Crippen molar-refractivity contribution >= 4 is 10.0 Å². The van der Waals surface area contributed by atoms with Gasteiger partial charge in [-0.1, -0.05) is 32.9 Å².